The van der Waals surface area contributed by atoms with E-state index in [0.29, 0.717) is 16.6 Å². The highest BCUT2D eigenvalue weighted by atomic mass is 19.1. The summed E-state index contributed by atoms with van der Waals surface area (Å²) >= 11 is 0. The fourth-order valence-electron chi connectivity index (χ4n) is 3.37. The summed E-state index contributed by atoms with van der Waals surface area (Å²) in [5, 5.41) is 10.2. The minimum Gasteiger partial charge on any atom is -0.496 e. The van der Waals surface area contributed by atoms with Gasteiger partial charge in [-0.15, -0.1) is 0 Å². The Labute approximate surface area is 175 Å². The number of carbonyl (C=O) groups is 1. The molecule has 31 heavy (non-hydrogen) atoms. The number of anilines is 2. The zero-order valence-electron chi connectivity index (χ0n) is 16.9. The summed E-state index contributed by atoms with van der Waals surface area (Å²) in [6.45, 7) is 0. The van der Waals surface area contributed by atoms with Gasteiger partial charge >= 0.3 is 0 Å². The number of amides is 1. The largest absolute Gasteiger partial charge is 0.496 e. The second-order valence-electron chi connectivity index (χ2n) is 6.60. The van der Waals surface area contributed by atoms with Gasteiger partial charge in [-0.3, -0.25) is 9.48 Å². The van der Waals surface area contributed by atoms with E-state index in [1.54, 1.807) is 20.2 Å². The van der Waals surface area contributed by atoms with E-state index >= 15 is 0 Å². The molecule has 1 amide bonds. The highest BCUT2D eigenvalue weighted by Crippen LogP contribution is 2.34. The highest BCUT2D eigenvalue weighted by Gasteiger charge is 2.20. The fourth-order valence-corrected chi connectivity index (χ4v) is 3.37. The van der Waals surface area contributed by atoms with Crippen LogP contribution in [0.3, 0.4) is 0 Å². The Hall–Kier alpha value is -4.08. The highest BCUT2D eigenvalue weighted by molar-refractivity contribution is 6.08. The lowest BCUT2D eigenvalue weighted by Gasteiger charge is -2.13. The molecule has 2 heterocycles. The van der Waals surface area contributed by atoms with E-state index < -0.39 is 17.5 Å². The fraction of sp³-hybridized carbons (Fsp3) is 0.143. The Morgan fingerprint density at radius 3 is 2.74 bits per heavy atom. The number of aromatic nitrogens is 4. The topological polar surface area (TPSA) is 94.0 Å². The van der Waals surface area contributed by atoms with Crippen molar-refractivity contribution in [1.29, 1.82) is 0 Å². The molecule has 10 heteroatoms. The van der Waals surface area contributed by atoms with Crippen molar-refractivity contribution in [1.82, 2.24) is 19.7 Å². The number of aryl methyl sites for hydroxylation is 1. The molecule has 0 spiro atoms. The molecular weight excluding hydrogens is 406 g/mol. The minimum atomic E-state index is -0.613. The number of hydrogen-bond donors (Lipinski definition) is 2. The Morgan fingerprint density at radius 2 is 2.00 bits per heavy atom. The van der Waals surface area contributed by atoms with Crippen molar-refractivity contribution in [3.8, 4) is 17.1 Å². The maximum atomic E-state index is 14.6. The lowest BCUT2D eigenvalue weighted by atomic mass is 10.1. The molecule has 2 aromatic carbocycles. The SMILES string of the molecule is CNc1c(NC(=O)c2ccnc(-c3c(F)cccc3OC)n2)cc(F)c2c1cnn2C. The molecule has 8 nitrogen and oxygen atoms in total. The van der Waals surface area contributed by atoms with Crippen LogP contribution < -0.4 is 15.4 Å². The van der Waals surface area contributed by atoms with Gasteiger partial charge in [0.05, 0.1) is 30.2 Å². The van der Waals surface area contributed by atoms with Crippen LogP contribution in [0.4, 0.5) is 20.2 Å². The molecule has 0 radical (unpaired) electrons. The second kappa shape index (κ2) is 7.98. The molecule has 0 aliphatic carbocycles. The molecule has 158 valence electrons. The number of fused-ring (bicyclic) bond motifs is 1. The Bertz CT molecular complexity index is 1300. The van der Waals surface area contributed by atoms with Crippen molar-refractivity contribution in [2.45, 2.75) is 0 Å². The molecule has 0 fully saturated rings. The predicted octanol–water partition coefficient (Wildman–Crippen LogP) is 3.61. The van der Waals surface area contributed by atoms with Crippen LogP contribution >= 0.6 is 0 Å². The summed E-state index contributed by atoms with van der Waals surface area (Å²) in [7, 11) is 4.68. The number of carbonyl (C=O) groups excluding carboxylic acids is 1. The molecule has 4 rings (SSSR count). The molecule has 0 aliphatic rings. The van der Waals surface area contributed by atoms with Crippen LogP contribution in [-0.2, 0) is 7.05 Å². The third kappa shape index (κ3) is 3.52. The first-order valence-electron chi connectivity index (χ1n) is 9.23. The summed E-state index contributed by atoms with van der Waals surface area (Å²) in [5.74, 6) is -1.51. The number of nitrogens with zero attached hydrogens (tertiary/aromatic N) is 4. The first-order valence-corrected chi connectivity index (χ1v) is 9.23. The van der Waals surface area contributed by atoms with Crippen LogP contribution in [0.25, 0.3) is 22.3 Å². The summed E-state index contributed by atoms with van der Waals surface area (Å²) in [5.41, 5.74) is 1.04. The number of rotatable bonds is 5. The van der Waals surface area contributed by atoms with Gasteiger partial charge in [0.15, 0.2) is 11.6 Å². The first kappa shape index (κ1) is 20.2. The molecule has 0 atom stereocenters. The predicted molar refractivity (Wildman–Crippen MR) is 112 cm³/mol. The van der Waals surface area contributed by atoms with Crippen molar-refractivity contribution >= 4 is 28.2 Å². The number of hydrogen-bond acceptors (Lipinski definition) is 6. The van der Waals surface area contributed by atoms with Crippen LogP contribution in [-0.4, -0.2) is 39.8 Å². The minimum absolute atomic E-state index is 0.00895. The van der Waals surface area contributed by atoms with Crippen LogP contribution in [0.5, 0.6) is 5.75 Å². The third-order valence-electron chi connectivity index (χ3n) is 4.78. The smallest absolute Gasteiger partial charge is 0.274 e. The lowest BCUT2D eigenvalue weighted by Crippen LogP contribution is -2.16. The van der Waals surface area contributed by atoms with Gasteiger partial charge in [0.1, 0.15) is 22.8 Å². The van der Waals surface area contributed by atoms with Gasteiger partial charge < -0.3 is 15.4 Å². The van der Waals surface area contributed by atoms with Crippen molar-refractivity contribution < 1.29 is 18.3 Å². The average Bonchev–Trinajstić information content (AvgIpc) is 3.15. The molecule has 0 bridgehead atoms. The zero-order valence-corrected chi connectivity index (χ0v) is 16.9. The van der Waals surface area contributed by atoms with Crippen LogP contribution in [0.15, 0.2) is 42.7 Å². The molecule has 4 aromatic rings. The van der Waals surface area contributed by atoms with E-state index in [-0.39, 0.29) is 28.5 Å². The Kier molecular flexibility index (Phi) is 5.20. The van der Waals surface area contributed by atoms with E-state index in [1.807, 2.05) is 0 Å². The summed E-state index contributed by atoms with van der Waals surface area (Å²) in [4.78, 5) is 21.1. The Balaban J connectivity index is 1.72. The van der Waals surface area contributed by atoms with Gasteiger partial charge in [-0.1, -0.05) is 6.07 Å². The van der Waals surface area contributed by atoms with E-state index in [0.717, 1.165) is 0 Å². The normalized spacial score (nSPS) is 10.9. The molecule has 2 N–H and O–H groups in total. The van der Waals surface area contributed by atoms with E-state index in [4.69, 9.17) is 4.74 Å². The lowest BCUT2D eigenvalue weighted by molar-refractivity contribution is 0.102. The van der Waals surface area contributed by atoms with Crippen molar-refractivity contribution in [3.05, 3.63) is 60.1 Å². The maximum absolute atomic E-state index is 14.6. The molecule has 0 aliphatic heterocycles. The van der Waals surface area contributed by atoms with Crippen molar-refractivity contribution in [3.63, 3.8) is 0 Å². The average molecular weight is 424 g/mol. The second-order valence-corrected chi connectivity index (χ2v) is 6.60. The number of benzene rings is 2. The third-order valence-corrected chi connectivity index (χ3v) is 4.78. The number of methoxy groups -OCH3 is 1. The maximum Gasteiger partial charge on any atom is 0.274 e. The van der Waals surface area contributed by atoms with Crippen LogP contribution in [0.2, 0.25) is 0 Å². The number of nitrogens with one attached hydrogen (secondary N) is 2. The van der Waals surface area contributed by atoms with E-state index in [2.05, 4.69) is 25.7 Å². The molecular formula is C21H18F2N6O2. The zero-order chi connectivity index (χ0) is 22.1. The summed E-state index contributed by atoms with van der Waals surface area (Å²) in [6, 6.07) is 6.90. The van der Waals surface area contributed by atoms with Gasteiger partial charge in [0, 0.05) is 31.7 Å². The summed E-state index contributed by atoms with van der Waals surface area (Å²) < 4.78 is 35.6. The Morgan fingerprint density at radius 1 is 1.19 bits per heavy atom. The van der Waals surface area contributed by atoms with Gasteiger partial charge in [0.2, 0.25) is 0 Å². The number of ether oxygens (including phenoxy) is 1. The van der Waals surface area contributed by atoms with Crippen molar-refractivity contribution in [2.75, 3.05) is 24.8 Å². The van der Waals surface area contributed by atoms with Gasteiger partial charge in [-0.2, -0.15) is 5.10 Å². The van der Waals surface area contributed by atoms with Gasteiger partial charge in [-0.05, 0) is 18.2 Å². The van der Waals surface area contributed by atoms with E-state index in [1.165, 1.54) is 48.5 Å². The van der Waals surface area contributed by atoms with E-state index in [9.17, 15) is 13.6 Å². The standard InChI is InChI=1S/C21H18F2N6O2/c1-24-18-11-10-26-29(2)19(11)13(23)9-15(18)28-21(30)14-7-8-25-20(27-14)17-12(22)5-4-6-16(17)31-3/h4-10,24H,1-3H3,(H,28,30). The van der Waals surface area contributed by atoms with Crippen LogP contribution in [0, 0.1) is 11.6 Å². The quantitative estimate of drug-likeness (QED) is 0.508. The van der Waals surface area contributed by atoms with Crippen molar-refractivity contribution in [2.24, 2.45) is 7.05 Å². The number of halogens is 2. The van der Waals surface area contributed by atoms with Gasteiger partial charge in [-0.25, -0.2) is 18.7 Å². The molecule has 0 unspecified atom stereocenters. The molecule has 2 aromatic heterocycles. The molecule has 0 saturated heterocycles. The first-order chi connectivity index (χ1) is 14.9. The van der Waals surface area contributed by atoms with Gasteiger partial charge in [0.25, 0.3) is 5.91 Å². The van der Waals surface area contributed by atoms with Crippen LogP contribution in [0.1, 0.15) is 10.5 Å². The summed E-state index contributed by atoms with van der Waals surface area (Å²) in [6.07, 6.45) is 2.85. The monoisotopic (exact) mass is 424 g/mol. The molecule has 0 saturated carbocycles.